The van der Waals surface area contributed by atoms with Crippen molar-refractivity contribution in [2.24, 2.45) is 0 Å². The second kappa shape index (κ2) is 4.93. The van der Waals surface area contributed by atoms with Crippen molar-refractivity contribution < 1.29 is 12.6 Å². The van der Waals surface area contributed by atoms with Gasteiger partial charge in [0.05, 0.1) is 12.9 Å². The zero-order chi connectivity index (χ0) is 10.4. The van der Waals surface area contributed by atoms with Crippen LogP contribution in [0.15, 0.2) is 36.4 Å². The fraction of sp³-hybridized carbons (Fsp3) is 0.200. The van der Waals surface area contributed by atoms with Crippen molar-refractivity contribution in [1.29, 1.82) is 0 Å². The van der Waals surface area contributed by atoms with E-state index in [9.17, 15) is 8.42 Å². The molecule has 14 heavy (non-hydrogen) atoms. The highest BCUT2D eigenvalue weighted by atomic mass is 32.2. The summed E-state index contributed by atoms with van der Waals surface area (Å²) in [5.41, 5.74) is 1.02. The van der Waals surface area contributed by atoms with E-state index in [1.165, 1.54) is 0 Å². The molecule has 0 aliphatic carbocycles. The zero-order valence-corrected chi connectivity index (χ0v) is 8.70. The normalized spacial score (nSPS) is 12.1. The lowest BCUT2D eigenvalue weighted by Crippen LogP contribution is -2.01. The first-order valence-electron chi connectivity index (χ1n) is 4.14. The van der Waals surface area contributed by atoms with Crippen molar-refractivity contribution in [3.05, 3.63) is 42.0 Å². The van der Waals surface area contributed by atoms with E-state index in [1.807, 2.05) is 36.4 Å². The van der Waals surface area contributed by atoms with Crippen molar-refractivity contribution in [3.63, 3.8) is 0 Å². The van der Waals surface area contributed by atoms with E-state index >= 15 is 0 Å². The molecular weight excluding hydrogens is 200 g/mol. The summed E-state index contributed by atoms with van der Waals surface area (Å²) in [6, 6.07) is 9.60. The molecule has 0 aliphatic heterocycles. The third-order valence-corrected chi connectivity index (χ3v) is 2.05. The Bertz CT molecular complexity index is 393. The van der Waals surface area contributed by atoms with Gasteiger partial charge in [0.2, 0.25) is 0 Å². The molecule has 0 amide bonds. The van der Waals surface area contributed by atoms with E-state index < -0.39 is 10.1 Å². The molecule has 3 nitrogen and oxygen atoms in total. The van der Waals surface area contributed by atoms with Gasteiger partial charge < -0.3 is 0 Å². The summed E-state index contributed by atoms with van der Waals surface area (Å²) >= 11 is 0. The van der Waals surface area contributed by atoms with Gasteiger partial charge in [-0.2, -0.15) is 8.42 Å². The SMILES string of the molecule is CS(=O)(=O)OCC=Cc1ccccc1. The Hall–Kier alpha value is -1.13. The lowest BCUT2D eigenvalue weighted by molar-refractivity contribution is 0.362. The summed E-state index contributed by atoms with van der Waals surface area (Å²) < 4.78 is 25.7. The lowest BCUT2D eigenvalue weighted by Gasteiger charge is -1.95. The molecule has 0 spiro atoms. The van der Waals surface area contributed by atoms with Gasteiger partial charge in [0, 0.05) is 0 Å². The minimum Gasteiger partial charge on any atom is -0.266 e. The number of rotatable bonds is 4. The van der Waals surface area contributed by atoms with Crippen LogP contribution < -0.4 is 0 Å². The molecule has 1 aromatic carbocycles. The summed E-state index contributed by atoms with van der Waals surface area (Å²) in [5.74, 6) is 0. The first-order valence-corrected chi connectivity index (χ1v) is 5.95. The summed E-state index contributed by atoms with van der Waals surface area (Å²) in [6.45, 7) is 0.0771. The van der Waals surface area contributed by atoms with Gasteiger partial charge >= 0.3 is 0 Å². The maximum atomic E-state index is 10.6. The van der Waals surface area contributed by atoms with Crippen molar-refractivity contribution in [1.82, 2.24) is 0 Å². The molecule has 1 aromatic rings. The van der Waals surface area contributed by atoms with Gasteiger partial charge in [-0.25, -0.2) is 0 Å². The fourth-order valence-electron chi connectivity index (χ4n) is 0.911. The Kier molecular flexibility index (Phi) is 3.85. The Morgan fingerprint density at radius 2 is 1.93 bits per heavy atom. The van der Waals surface area contributed by atoms with E-state index in [4.69, 9.17) is 0 Å². The van der Waals surface area contributed by atoms with Crippen LogP contribution in [0.3, 0.4) is 0 Å². The molecule has 0 heterocycles. The van der Waals surface area contributed by atoms with Gasteiger partial charge in [-0.3, -0.25) is 4.18 Å². The highest BCUT2D eigenvalue weighted by Gasteiger charge is 1.97. The second-order valence-electron chi connectivity index (χ2n) is 2.80. The third-order valence-electron chi connectivity index (χ3n) is 1.49. The number of hydrogen-bond donors (Lipinski definition) is 0. The first-order chi connectivity index (χ1) is 6.58. The molecule has 0 radical (unpaired) electrons. The first kappa shape index (κ1) is 10.9. The standard InChI is InChI=1S/C10H12O3S/c1-14(11,12)13-9-5-8-10-6-3-2-4-7-10/h2-8H,9H2,1H3. The van der Waals surface area contributed by atoms with Crippen LogP contribution >= 0.6 is 0 Å². The predicted molar refractivity (Wildman–Crippen MR) is 56.3 cm³/mol. The Labute approximate surface area is 84.1 Å². The van der Waals surface area contributed by atoms with Crippen molar-refractivity contribution >= 4 is 16.2 Å². The van der Waals surface area contributed by atoms with Crippen LogP contribution in [-0.4, -0.2) is 21.3 Å². The maximum absolute atomic E-state index is 10.6. The smallest absolute Gasteiger partial charge is 0.264 e. The van der Waals surface area contributed by atoms with Gasteiger partial charge in [0.25, 0.3) is 10.1 Å². The number of hydrogen-bond acceptors (Lipinski definition) is 3. The molecule has 0 atom stereocenters. The lowest BCUT2D eigenvalue weighted by atomic mass is 10.2. The second-order valence-corrected chi connectivity index (χ2v) is 4.45. The van der Waals surface area contributed by atoms with Gasteiger partial charge in [-0.1, -0.05) is 42.5 Å². The molecule has 0 bridgehead atoms. The van der Waals surface area contributed by atoms with Crippen LogP contribution in [0, 0.1) is 0 Å². The third kappa shape index (κ3) is 4.79. The Morgan fingerprint density at radius 3 is 2.50 bits per heavy atom. The van der Waals surface area contributed by atoms with Crippen molar-refractivity contribution in [2.75, 3.05) is 12.9 Å². The Balaban J connectivity index is 2.43. The summed E-state index contributed by atoms with van der Waals surface area (Å²) in [5, 5.41) is 0. The van der Waals surface area contributed by atoms with Crippen LogP contribution in [0.25, 0.3) is 6.08 Å². The molecule has 0 saturated carbocycles. The van der Waals surface area contributed by atoms with Crippen molar-refractivity contribution in [3.8, 4) is 0 Å². The quantitative estimate of drug-likeness (QED) is 0.713. The molecule has 0 saturated heterocycles. The largest absolute Gasteiger partial charge is 0.266 e. The molecule has 0 aliphatic rings. The van der Waals surface area contributed by atoms with E-state index in [2.05, 4.69) is 4.18 Å². The highest BCUT2D eigenvalue weighted by Crippen LogP contribution is 2.00. The van der Waals surface area contributed by atoms with Crippen LogP contribution in [0.2, 0.25) is 0 Å². The predicted octanol–water partition coefficient (Wildman–Crippen LogP) is 1.68. The monoisotopic (exact) mass is 212 g/mol. The minimum absolute atomic E-state index is 0.0771. The highest BCUT2D eigenvalue weighted by molar-refractivity contribution is 7.85. The molecule has 0 N–H and O–H groups in total. The fourth-order valence-corrected chi connectivity index (χ4v) is 1.24. The van der Waals surface area contributed by atoms with Crippen LogP contribution in [0.4, 0.5) is 0 Å². The topological polar surface area (TPSA) is 43.4 Å². The van der Waals surface area contributed by atoms with Crippen LogP contribution in [0.5, 0.6) is 0 Å². The van der Waals surface area contributed by atoms with E-state index in [0.717, 1.165) is 11.8 Å². The minimum atomic E-state index is -3.33. The Morgan fingerprint density at radius 1 is 1.29 bits per heavy atom. The molecular formula is C10H12O3S. The van der Waals surface area contributed by atoms with Crippen LogP contribution in [0.1, 0.15) is 5.56 Å². The molecule has 0 unspecified atom stereocenters. The zero-order valence-electron chi connectivity index (χ0n) is 7.88. The summed E-state index contributed by atoms with van der Waals surface area (Å²) in [7, 11) is -3.33. The van der Waals surface area contributed by atoms with Gasteiger partial charge in [0.1, 0.15) is 0 Å². The number of benzene rings is 1. The molecule has 4 heteroatoms. The van der Waals surface area contributed by atoms with Gasteiger partial charge in [0.15, 0.2) is 0 Å². The van der Waals surface area contributed by atoms with E-state index in [0.29, 0.717) is 0 Å². The average molecular weight is 212 g/mol. The van der Waals surface area contributed by atoms with Crippen molar-refractivity contribution in [2.45, 2.75) is 0 Å². The summed E-state index contributed by atoms with van der Waals surface area (Å²) in [6.07, 6.45) is 4.50. The maximum Gasteiger partial charge on any atom is 0.264 e. The summed E-state index contributed by atoms with van der Waals surface area (Å²) in [4.78, 5) is 0. The van der Waals surface area contributed by atoms with Gasteiger partial charge in [-0.05, 0) is 5.56 Å². The molecule has 0 aromatic heterocycles. The van der Waals surface area contributed by atoms with Gasteiger partial charge in [-0.15, -0.1) is 0 Å². The van der Waals surface area contributed by atoms with E-state index in [1.54, 1.807) is 6.08 Å². The molecule has 0 fully saturated rings. The average Bonchev–Trinajstić information content (AvgIpc) is 2.13. The molecule has 76 valence electrons. The van der Waals surface area contributed by atoms with Crippen LogP contribution in [-0.2, 0) is 14.3 Å². The van der Waals surface area contributed by atoms with E-state index in [-0.39, 0.29) is 6.61 Å². The molecule has 1 rings (SSSR count).